The molecule has 0 bridgehead atoms. The number of carbonyl (C=O) groups excluding carboxylic acids is 1. The summed E-state index contributed by atoms with van der Waals surface area (Å²) in [5, 5.41) is 0. The van der Waals surface area contributed by atoms with Crippen LogP contribution in [0.4, 0.5) is 5.69 Å². The van der Waals surface area contributed by atoms with Crippen molar-refractivity contribution >= 4 is 11.5 Å². The molecule has 0 radical (unpaired) electrons. The van der Waals surface area contributed by atoms with Gasteiger partial charge in [0.05, 0.1) is 0 Å². The Labute approximate surface area is 116 Å². The molecule has 2 nitrogen and oxygen atoms in total. The number of anilines is 1. The van der Waals surface area contributed by atoms with E-state index in [1.165, 1.54) is 16.8 Å². The molecule has 0 amide bonds. The van der Waals surface area contributed by atoms with Crippen LogP contribution in [0.25, 0.3) is 0 Å². The van der Waals surface area contributed by atoms with E-state index in [0.717, 1.165) is 6.54 Å². The molecule has 1 aliphatic rings. The molecule has 0 aromatic heterocycles. The summed E-state index contributed by atoms with van der Waals surface area (Å²) in [6, 6.07) is 6.53. The van der Waals surface area contributed by atoms with E-state index in [1.54, 1.807) is 0 Å². The number of carbonyl (C=O) groups is 1. The van der Waals surface area contributed by atoms with Crippen LogP contribution < -0.4 is 4.90 Å². The van der Waals surface area contributed by atoms with E-state index in [2.05, 4.69) is 57.7 Å². The molecule has 1 saturated heterocycles. The Morgan fingerprint density at radius 1 is 1.26 bits per heavy atom. The van der Waals surface area contributed by atoms with Crippen LogP contribution in [-0.4, -0.2) is 17.9 Å². The van der Waals surface area contributed by atoms with Gasteiger partial charge in [0.15, 0.2) is 0 Å². The monoisotopic (exact) mass is 259 g/mol. The summed E-state index contributed by atoms with van der Waals surface area (Å²) < 4.78 is 0. The number of piperidine rings is 1. The van der Waals surface area contributed by atoms with Gasteiger partial charge in [0.1, 0.15) is 5.78 Å². The van der Waals surface area contributed by atoms with E-state index in [4.69, 9.17) is 0 Å². The lowest BCUT2D eigenvalue weighted by atomic mass is 9.86. The maximum absolute atomic E-state index is 11.7. The lowest BCUT2D eigenvalue weighted by Crippen LogP contribution is -2.51. The summed E-state index contributed by atoms with van der Waals surface area (Å²) in [5.74, 6) is 0.893. The molecule has 1 aliphatic heterocycles. The zero-order chi connectivity index (χ0) is 14.2. The van der Waals surface area contributed by atoms with Crippen LogP contribution in [0.1, 0.15) is 57.6 Å². The Bertz CT molecular complexity index is 488. The molecule has 2 heteroatoms. The van der Waals surface area contributed by atoms with Crippen molar-refractivity contribution in [1.29, 1.82) is 0 Å². The van der Waals surface area contributed by atoms with Crippen LogP contribution in [0.3, 0.4) is 0 Å². The van der Waals surface area contributed by atoms with Crippen LogP contribution in [-0.2, 0) is 4.79 Å². The summed E-state index contributed by atoms with van der Waals surface area (Å²) in [5.41, 5.74) is 3.97. The first-order valence-electron chi connectivity index (χ1n) is 7.22. The number of benzene rings is 1. The molecule has 1 aromatic carbocycles. The quantitative estimate of drug-likeness (QED) is 0.798. The van der Waals surface area contributed by atoms with Crippen molar-refractivity contribution in [3.05, 3.63) is 29.3 Å². The molecular weight excluding hydrogens is 234 g/mol. The van der Waals surface area contributed by atoms with E-state index in [9.17, 15) is 4.79 Å². The van der Waals surface area contributed by atoms with E-state index in [-0.39, 0.29) is 5.54 Å². The Morgan fingerprint density at radius 2 is 1.95 bits per heavy atom. The van der Waals surface area contributed by atoms with Gasteiger partial charge in [0.2, 0.25) is 0 Å². The van der Waals surface area contributed by atoms with Gasteiger partial charge in [-0.25, -0.2) is 0 Å². The fourth-order valence-corrected chi connectivity index (χ4v) is 3.14. The van der Waals surface area contributed by atoms with Crippen molar-refractivity contribution in [2.45, 2.75) is 58.9 Å². The number of aryl methyl sites for hydroxylation is 1. The second kappa shape index (κ2) is 4.99. The van der Waals surface area contributed by atoms with E-state index in [0.29, 0.717) is 24.5 Å². The predicted octanol–water partition coefficient (Wildman–Crippen LogP) is 4.07. The smallest absolute Gasteiger partial charge is 0.136 e. The first-order chi connectivity index (χ1) is 8.83. The number of rotatable bonds is 2. The molecule has 0 aliphatic carbocycles. The number of Topliss-reactive ketones (excluding diaryl/α,β-unsaturated/α-hetero) is 1. The first kappa shape index (κ1) is 14.1. The Kier molecular flexibility index (Phi) is 3.71. The molecule has 2 rings (SSSR count). The predicted molar refractivity (Wildman–Crippen MR) is 80.9 cm³/mol. The maximum atomic E-state index is 11.7. The highest BCUT2D eigenvalue weighted by atomic mass is 16.1. The maximum Gasteiger partial charge on any atom is 0.136 e. The van der Waals surface area contributed by atoms with Crippen molar-refractivity contribution in [2.24, 2.45) is 0 Å². The summed E-state index contributed by atoms with van der Waals surface area (Å²) >= 11 is 0. The van der Waals surface area contributed by atoms with Gasteiger partial charge in [-0.2, -0.15) is 0 Å². The van der Waals surface area contributed by atoms with E-state index >= 15 is 0 Å². The van der Waals surface area contributed by atoms with Crippen molar-refractivity contribution in [3.8, 4) is 0 Å². The standard InChI is InChI=1S/C17H25NO/c1-12(2)15-8-6-7-13(3)16(15)18-10-9-14(19)11-17(18,4)5/h6-8,12H,9-11H2,1-5H3. The summed E-state index contributed by atoms with van der Waals surface area (Å²) in [6.45, 7) is 11.9. The third kappa shape index (κ3) is 2.68. The zero-order valence-electron chi connectivity index (χ0n) is 12.8. The van der Waals surface area contributed by atoms with Crippen LogP contribution in [0.15, 0.2) is 18.2 Å². The van der Waals surface area contributed by atoms with Crippen molar-refractivity contribution in [3.63, 3.8) is 0 Å². The molecule has 0 N–H and O–H groups in total. The van der Waals surface area contributed by atoms with Crippen LogP contribution in [0.5, 0.6) is 0 Å². The van der Waals surface area contributed by atoms with Crippen molar-refractivity contribution in [1.82, 2.24) is 0 Å². The average Bonchev–Trinajstić information content (AvgIpc) is 2.28. The SMILES string of the molecule is Cc1cccc(C(C)C)c1N1CCC(=O)CC1(C)C. The number of ketones is 1. The number of hydrogen-bond donors (Lipinski definition) is 0. The van der Waals surface area contributed by atoms with Crippen molar-refractivity contribution < 1.29 is 4.79 Å². The number of para-hydroxylation sites is 1. The van der Waals surface area contributed by atoms with Gasteiger partial charge >= 0.3 is 0 Å². The Morgan fingerprint density at radius 3 is 2.53 bits per heavy atom. The van der Waals surface area contributed by atoms with Gasteiger partial charge in [0, 0.05) is 30.6 Å². The first-order valence-corrected chi connectivity index (χ1v) is 7.22. The lowest BCUT2D eigenvalue weighted by Gasteiger charge is -2.45. The van der Waals surface area contributed by atoms with E-state index < -0.39 is 0 Å². The highest BCUT2D eigenvalue weighted by molar-refractivity contribution is 5.83. The highest BCUT2D eigenvalue weighted by Crippen LogP contribution is 2.38. The largest absolute Gasteiger partial charge is 0.365 e. The van der Waals surface area contributed by atoms with Gasteiger partial charge in [-0.1, -0.05) is 32.0 Å². The van der Waals surface area contributed by atoms with Gasteiger partial charge in [0.25, 0.3) is 0 Å². The van der Waals surface area contributed by atoms with Crippen LogP contribution in [0, 0.1) is 6.92 Å². The van der Waals surface area contributed by atoms with Crippen molar-refractivity contribution in [2.75, 3.05) is 11.4 Å². The van der Waals surface area contributed by atoms with Crippen LogP contribution >= 0.6 is 0 Å². The minimum Gasteiger partial charge on any atom is -0.365 e. The Hall–Kier alpha value is -1.31. The number of hydrogen-bond acceptors (Lipinski definition) is 2. The molecule has 0 saturated carbocycles. The zero-order valence-corrected chi connectivity index (χ0v) is 12.8. The van der Waals surface area contributed by atoms with Gasteiger partial charge in [-0.15, -0.1) is 0 Å². The fourth-order valence-electron chi connectivity index (χ4n) is 3.14. The third-order valence-electron chi connectivity index (χ3n) is 4.14. The van der Waals surface area contributed by atoms with Gasteiger partial charge in [-0.3, -0.25) is 4.79 Å². The fraction of sp³-hybridized carbons (Fsp3) is 0.588. The average molecular weight is 259 g/mol. The van der Waals surface area contributed by atoms with Gasteiger partial charge in [-0.05, 0) is 37.8 Å². The normalized spacial score (nSPS) is 19.1. The van der Waals surface area contributed by atoms with Gasteiger partial charge < -0.3 is 4.90 Å². The summed E-state index contributed by atoms with van der Waals surface area (Å²) in [7, 11) is 0. The van der Waals surface area contributed by atoms with E-state index in [1.807, 2.05) is 0 Å². The summed E-state index contributed by atoms with van der Waals surface area (Å²) in [6.07, 6.45) is 1.33. The molecule has 0 atom stereocenters. The topological polar surface area (TPSA) is 20.3 Å². The number of nitrogens with zero attached hydrogens (tertiary/aromatic N) is 1. The second-order valence-electron chi connectivity index (χ2n) is 6.60. The summed E-state index contributed by atoms with van der Waals surface area (Å²) in [4.78, 5) is 14.2. The molecule has 19 heavy (non-hydrogen) atoms. The molecule has 1 heterocycles. The minimum atomic E-state index is -0.0783. The molecule has 104 valence electrons. The molecule has 0 unspecified atom stereocenters. The minimum absolute atomic E-state index is 0.0783. The second-order valence-corrected chi connectivity index (χ2v) is 6.60. The highest BCUT2D eigenvalue weighted by Gasteiger charge is 2.35. The molecule has 1 fully saturated rings. The molecule has 1 aromatic rings. The lowest BCUT2D eigenvalue weighted by molar-refractivity contribution is -0.121. The van der Waals surface area contributed by atoms with Crippen LogP contribution in [0.2, 0.25) is 0 Å². The Balaban J connectivity index is 2.49. The molecular formula is C17H25NO. The third-order valence-corrected chi connectivity index (χ3v) is 4.14. The molecule has 0 spiro atoms.